The molecule has 0 saturated heterocycles. The molecular formula is C27H38ClN3O5S. The standard InChI is InChI=1S/C27H38ClN3O5S/c1-5-7-18-29-27(33)21(3)30(20-22-14-16-23(28)17-15-22)26(32)13-10-19-31(37(4,34)35)24-11-8-9-12-25(24)36-6-2/h8-9,11-12,14-17,21H,5-7,10,13,18-20H2,1-4H3,(H,29,33)/t21-/m0/s1. The largest absolute Gasteiger partial charge is 0.492 e. The van der Waals surface area contributed by atoms with Gasteiger partial charge in [0.15, 0.2) is 0 Å². The van der Waals surface area contributed by atoms with Crippen molar-refractivity contribution in [1.82, 2.24) is 10.2 Å². The summed E-state index contributed by atoms with van der Waals surface area (Å²) in [5, 5.41) is 3.48. The van der Waals surface area contributed by atoms with E-state index in [-0.39, 0.29) is 37.7 Å². The molecule has 37 heavy (non-hydrogen) atoms. The first-order chi connectivity index (χ1) is 17.6. The van der Waals surface area contributed by atoms with Gasteiger partial charge in [-0.3, -0.25) is 13.9 Å². The van der Waals surface area contributed by atoms with Gasteiger partial charge >= 0.3 is 0 Å². The number of amides is 2. The summed E-state index contributed by atoms with van der Waals surface area (Å²) >= 11 is 6.00. The van der Waals surface area contributed by atoms with Crippen LogP contribution in [0.5, 0.6) is 5.75 Å². The number of nitrogens with one attached hydrogen (secondary N) is 1. The minimum absolute atomic E-state index is 0.0724. The lowest BCUT2D eigenvalue weighted by atomic mass is 10.1. The Hall–Kier alpha value is -2.78. The van der Waals surface area contributed by atoms with Crippen molar-refractivity contribution in [3.63, 3.8) is 0 Å². The number of hydrogen-bond acceptors (Lipinski definition) is 5. The van der Waals surface area contributed by atoms with Crippen molar-refractivity contribution >= 4 is 39.1 Å². The molecule has 0 aliphatic carbocycles. The Morgan fingerprint density at radius 1 is 1.05 bits per heavy atom. The average Bonchev–Trinajstić information content (AvgIpc) is 2.86. The molecule has 10 heteroatoms. The van der Waals surface area contributed by atoms with E-state index in [2.05, 4.69) is 5.32 Å². The van der Waals surface area contributed by atoms with E-state index in [4.69, 9.17) is 16.3 Å². The number of carbonyl (C=O) groups excluding carboxylic acids is 2. The Kier molecular flexibility index (Phi) is 12.2. The summed E-state index contributed by atoms with van der Waals surface area (Å²) in [6, 6.07) is 13.4. The summed E-state index contributed by atoms with van der Waals surface area (Å²) in [6.07, 6.45) is 3.28. The highest BCUT2D eigenvalue weighted by Gasteiger charge is 2.27. The fourth-order valence-corrected chi connectivity index (χ4v) is 4.92. The zero-order chi connectivity index (χ0) is 27.4. The maximum atomic E-state index is 13.4. The predicted octanol–water partition coefficient (Wildman–Crippen LogP) is 4.62. The first kappa shape index (κ1) is 30.4. The van der Waals surface area contributed by atoms with Crippen molar-refractivity contribution in [2.45, 2.75) is 59.0 Å². The predicted molar refractivity (Wildman–Crippen MR) is 148 cm³/mol. The second-order valence-electron chi connectivity index (χ2n) is 8.81. The topological polar surface area (TPSA) is 96.0 Å². The number of rotatable bonds is 15. The molecule has 0 unspecified atom stereocenters. The van der Waals surface area contributed by atoms with Crippen LogP contribution in [0.15, 0.2) is 48.5 Å². The zero-order valence-electron chi connectivity index (χ0n) is 22.1. The van der Waals surface area contributed by atoms with Crippen molar-refractivity contribution in [3.05, 3.63) is 59.1 Å². The number of para-hydroxylation sites is 2. The number of anilines is 1. The molecule has 0 bridgehead atoms. The van der Waals surface area contributed by atoms with Crippen LogP contribution in [-0.4, -0.2) is 57.1 Å². The highest BCUT2D eigenvalue weighted by molar-refractivity contribution is 7.92. The molecule has 8 nitrogen and oxygen atoms in total. The Balaban J connectivity index is 2.17. The Morgan fingerprint density at radius 3 is 2.35 bits per heavy atom. The van der Waals surface area contributed by atoms with Gasteiger partial charge in [0.1, 0.15) is 11.8 Å². The van der Waals surface area contributed by atoms with Crippen molar-refractivity contribution in [2.75, 3.05) is 30.3 Å². The number of halogens is 1. The summed E-state index contributed by atoms with van der Waals surface area (Å²) in [4.78, 5) is 27.7. The second kappa shape index (κ2) is 14.8. The van der Waals surface area contributed by atoms with Crippen molar-refractivity contribution in [2.24, 2.45) is 0 Å². The molecule has 1 N–H and O–H groups in total. The van der Waals surface area contributed by atoms with Crippen LogP contribution in [0.3, 0.4) is 0 Å². The fraction of sp³-hybridized carbons (Fsp3) is 0.481. The van der Waals surface area contributed by atoms with Gasteiger partial charge in [-0.1, -0.05) is 49.2 Å². The molecule has 0 aliphatic heterocycles. The molecule has 2 rings (SSSR count). The SMILES string of the molecule is CCCCNC(=O)[C@H](C)N(Cc1ccc(Cl)cc1)C(=O)CCCN(c1ccccc1OCC)S(C)(=O)=O. The van der Waals surface area contributed by atoms with Crippen LogP contribution in [0.1, 0.15) is 52.0 Å². The molecule has 0 fully saturated rings. The van der Waals surface area contributed by atoms with E-state index in [1.807, 2.05) is 26.0 Å². The lowest BCUT2D eigenvalue weighted by molar-refractivity contribution is -0.140. The number of nitrogens with zero attached hydrogens (tertiary/aromatic N) is 2. The first-order valence-corrected chi connectivity index (χ1v) is 14.8. The van der Waals surface area contributed by atoms with E-state index in [1.54, 1.807) is 43.3 Å². The quantitative estimate of drug-likeness (QED) is 0.326. The third-order valence-corrected chi connectivity index (χ3v) is 7.28. The molecular weight excluding hydrogens is 514 g/mol. The number of sulfonamides is 1. The highest BCUT2D eigenvalue weighted by atomic mass is 35.5. The Labute approximate surface area is 226 Å². The van der Waals surface area contributed by atoms with Crippen LogP contribution in [0.4, 0.5) is 5.69 Å². The number of carbonyl (C=O) groups is 2. The van der Waals surface area contributed by atoms with Gasteiger partial charge in [0.25, 0.3) is 0 Å². The van der Waals surface area contributed by atoms with Crippen LogP contribution >= 0.6 is 11.6 Å². The van der Waals surface area contributed by atoms with E-state index in [0.717, 1.165) is 24.7 Å². The van der Waals surface area contributed by atoms with Crippen molar-refractivity contribution < 1.29 is 22.7 Å². The fourth-order valence-electron chi connectivity index (χ4n) is 3.83. The molecule has 2 aromatic carbocycles. The number of unbranched alkanes of at least 4 members (excludes halogenated alkanes) is 1. The van der Waals surface area contributed by atoms with Gasteiger partial charge in [-0.15, -0.1) is 0 Å². The van der Waals surface area contributed by atoms with E-state index >= 15 is 0 Å². The van der Waals surface area contributed by atoms with Crippen LogP contribution in [-0.2, 0) is 26.2 Å². The van der Waals surface area contributed by atoms with Gasteiger partial charge in [0, 0.05) is 31.1 Å². The van der Waals surface area contributed by atoms with Gasteiger partial charge in [-0.25, -0.2) is 8.42 Å². The lowest BCUT2D eigenvalue weighted by Gasteiger charge is -2.29. The van der Waals surface area contributed by atoms with Gasteiger partial charge in [-0.05, 0) is 56.5 Å². The Morgan fingerprint density at radius 2 is 1.73 bits per heavy atom. The molecule has 0 aromatic heterocycles. The minimum atomic E-state index is -3.62. The smallest absolute Gasteiger partial charge is 0.242 e. The van der Waals surface area contributed by atoms with Crippen molar-refractivity contribution in [3.8, 4) is 5.75 Å². The minimum Gasteiger partial charge on any atom is -0.492 e. The van der Waals surface area contributed by atoms with Crippen LogP contribution in [0, 0.1) is 0 Å². The summed E-state index contributed by atoms with van der Waals surface area (Å²) < 4.78 is 32.1. The van der Waals surface area contributed by atoms with E-state index in [1.165, 1.54) is 9.21 Å². The third-order valence-electron chi connectivity index (χ3n) is 5.85. The summed E-state index contributed by atoms with van der Waals surface area (Å²) in [5.74, 6) is 0.00212. The number of hydrogen-bond donors (Lipinski definition) is 1. The highest BCUT2D eigenvalue weighted by Crippen LogP contribution is 2.30. The summed E-state index contributed by atoms with van der Waals surface area (Å²) in [6.45, 7) is 6.85. The summed E-state index contributed by atoms with van der Waals surface area (Å²) in [7, 11) is -3.62. The zero-order valence-corrected chi connectivity index (χ0v) is 23.6. The van der Waals surface area contributed by atoms with Gasteiger partial charge in [0.05, 0.1) is 18.6 Å². The average molecular weight is 552 g/mol. The number of benzene rings is 2. The van der Waals surface area contributed by atoms with E-state index in [0.29, 0.717) is 29.6 Å². The molecule has 2 aromatic rings. The maximum absolute atomic E-state index is 13.4. The summed E-state index contributed by atoms with van der Waals surface area (Å²) in [5.41, 5.74) is 1.27. The molecule has 204 valence electrons. The molecule has 0 saturated carbocycles. The normalized spacial score (nSPS) is 12.0. The van der Waals surface area contributed by atoms with Crippen LogP contribution in [0.25, 0.3) is 0 Å². The molecule has 2 amide bonds. The van der Waals surface area contributed by atoms with Crippen LogP contribution in [0.2, 0.25) is 5.02 Å². The molecule has 0 aliphatic rings. The second-order valence-corrected chi connectivity index (χ2v) is 11.2. The van der Waals surface area contributed by atoms with Gasteiger partial charge in [0.2, 0.25) is 21.8 Å². The molecule has 0 heterocycles. The molecule has 0 spiro atoms. The third kappa shape index (κ3) is 9.55. The maximum Gasteiger partial charge on any atom is 0.242 e. The molecule has 0 radical (unpaired) electrons. The van der Waals surface area contributed by atoms with Gasteiger partial charge in [-0.2, -0.15) is 0 Å². The molecule has 1 atom stereocenters. The van der Waals surface area contributed by atoms with E-state index in [9.17, 15) is 18.0 Å². The lowest BCUT2D eigenvalue weighted by Crippen LogP contribution is -2.48. The van der Waals surface area contributed by atoms with Crippen molar-refractivity contribution in [1.29, 1.82) is 0 Å². The number of ether oxygens (including phenoxy) is 1. The first-order valence-electron chi connectivity index (χ1n) is 12.6. The van der Waals surface area contributed by atoms with Crippen LogP contribution < -0.4 is 14.4 Å². The Bertz CT molecular complexity index is 1130. The van der Waals surface area contributed by atoms with Gasteiger partial charge < -0.3 is 15.0 Å². The monoisotopic (exact) mass is 551 g/mol. The van der Waals surface area contributed by atoms with E-state index < -0.39 is 16.1 Å².